The highest BCUT2D eigenvalue weighted by atomic mass is 15.2. The zero-order chi connectivity index (χ0) is 10.6. The predicted molar refractivity (Wildman–Crippen MR) is 62.3 cm³/mol. The Hall–Kier alpha value is -0.0800. The second-order valence-corrected chi connectivity index (χ2v) is 5.08. The van der Waals surface area contributed by atoms with Crippen LogP contribution < -0.4 is 5.73 Å². The van der Waals surface area contributed by atoms with Crippen LogP contribution in [-0.2, 0) is 0 Å². The van der Waals surface area contributed by atoms with Gasteiger partial charge in [0.25, 0.3) is 0 Å². The maximum Gasteiger partial charge on any atom is 0.00670 e. The van der Waals surface area contributed by atoms with E-state index >= 15 is 0 Å². The van der Waals surface area contributed by atoms with Crippen molar-refractivity contribution in [1.29, 1.82) is 0 Å². The lowest BCUT2D eigenvalue weighted by molar-refractivity contribution is 0.124. The molecule has 1 aliphatic rings. The van der Waals surface area contributed by atoms with Crippen molar-refractivity contribution in [3.8, 4) is 0 Å². The van der Waals surface area contributed by atoms with Gasteiger partial charge in [-0.2, -0.15) is 0 Å². The van der Waals surface area contributed by atoms with E-state index < -0.39 is 0 Å². The molecule has 0 aromatic heterocycles. The molecular formula is C12H26N2. The van der Waals surface area contributed by atoms with Crippen LogP contribution >= 0.6 is 0 Å². The molecule has 2 heteroatoms. The van der Waals surface area contributed by atoms with Crippen molar-refractivity contribution >= 4 is 0 Å². The highest BCUT2D eigenvalue weighted by molar-refractivity contribution is 4.77. The van der Waals surface area contributed by atoms with Crippen molar-refractivity contribution in [2.45, 2.75) is 46.1 Å². The van der Waals surface area contributed by atoms with Gasteiger partial charge in [-0.3, -0.25) is 0 Å². The molecule has 1 heterocycles. The second kappa shape index (κ2) is 5.72. The van der Waals surface area contributed by atoms with Crippen molar-refractivity contribution in [3.63, 3.8) is 0 Å². The number of nitrogens with two attached hydrogens (primary N) is 1. The fourth-order valence-electron chi connectivity index (χ4n) is 2.29. The van der Waals surface area contributed by atoms with Crippen LogP contribution in [0.3, 0.4) is 0 Å². The first-order valence-corrected chi connectivity index (χ1v) is 6.09. The summed E-state index contributed by atoms with van der Waals surface area (Å²) in [5.74, 6) is 1.39. The number of rotatable bonds is 4. The molecule has 14 heavy (non-hydrogen) atoms. The van der Waals surface area contributed by atoms with E-state index in [1.54, 1.807) is 0 Å². The van der Waals surface area contributed by atoms with Gasteiger partial charge >= 0.3 is 0 Å². The van der Waals surface area contributed by atoms with E-state index in [4.69, 9.17) is 5.73 Å². The lowest BCUT2D eigenvalue weighted by Gasteiger charge is -2.36. The molecule has 0 aromatic rings. The smallest absolute Gasteiger partial charge is 0.00670 e. The molecule has 1 saturated heterocycles. The third-order valence-corrected chi connectivity index (χ3v) is 3.66. The highest BCUT2D eigenvalue weighted by Gasteiger charge is 2.22. The summed E-state index contributed by atoms with van der Waals surface area (Å²) in [5, 5.41) is 0. The molecule has 0 bridgehead atoms. The average molecular weight is 198 g/mol. The van der Waals surface area contributed by atoms with Gasteiger partial charge in [0.2, 0.25) is 0 Å². The summed E-state index contributed by atoms with van der Waals surface area (Å²) in [4.78, 5) is 2.63. The molecule has 0 radical (unpaired) electrons. The Labute approximate surface area is 88.8 Å². The van der Waals surface area contributed by atoms with Gasteiger partial charge in [0.1, 0.15) is 0 Å². The van der Waals surface area contributed by atoms with E-state index in [1.165, 1.54) is 32.4 Å². The number of nitrogens with zero attached hydrogens (tertiary/aromatic N) is 1. The maximum absolute atomic E-state index is 5.81. The molecule has 2 atom stereocenters. The first kappa shape index (κ1) is 12.0. The van der Waals surface area contributed by atoms with Crippen LogP contribution in [0.2, 0.25) is 0 Å². The second-order valence-electron chi connectivity index (χ2n) is 5.08. The molecule has 1 fully saturated rings. The third-order valence-electron chi connectivity index (χ3n) is 3.66. The van der Waals surface area contributed by atoms with Gasteiger partial charge in [-0.25, -0.2) is 0 Å². The van der Waals surface area contributed by atoms with Crippen LogP contribution in [0.4, 0.5) is 0 Å². The number of piperidine rings is 1. The summed E-state index contributed by atoms with van der Waals surface area (Å²) in [5.41, 5.74) is 5.81. The first-order valence-electron chi connectivity index (χ1n) is 6.09. The highest BCUT2D eigenvalue weighted by Crippen LogP contribution is 2.20. The minimum Gasteiger partial charge on any atom is -0.330 e. The summed E-state index contributed by atoms with van der Waals surface area (Å²) < 4.78 is 0. The summed E-state index contributed by atoms with van der Waals surface area (Å²) in [6, 6.07) is 0.775. The summed E-state index contributed by atoms with van der Waals surface area (Å²) in [7, 11) is 0. The summed E-state index contributed by atoms with van der Waals surface area (Å²) >= 11 is 0. The fourth-order valence-corrected chi connectivity index (χ4v) is 2.29. The zero-order valence-electron chi connectivity index (χ0n) is 10.00. The van der Waals surface area contributed by atoms with Crippen LogP contribution in [0.5, 0.6) is 0 Å². The Morgan fingerprint density at radius 3 is 2.57 bits per heavy atom. The van der Waals surface area contributed by atoms with Gasteiger partial charge in [0.15, 0.2) is 0 Å². The topological polar surface area (TPSA) is 29.3 Å². The Bertz CT molecular complexity index is 156. The third kappa shape index (κ3) is 3.25. The van der Waals surface area contributed by atoms with Crippen molar-refractivity contribution in [1.82, 2.24) is 4.90 Å². The Morgan fingerprint density at radius 2 is 2.07 bits per heavy atom. The van der Waals surface area contributed by atoms with Crippen LogP contribution in [0.15, 0.2) is 0 Å². The molecule has 2 nitrogen and oxygen atoms in total. The van der Waals surface area contributed by atoms with Gasteiger partial charge in [0, 0.05) is 12.6 Å². The lowest BCUT2D eigenvalue weighted by Crippen LogP contribution is -2.43. The van der Waals surface area contributed by atoms with E-state index in [9.17, 15) is 0 Å². The van der Waals surface area contributed by atoms with Gasteiger partial charge in [-0.05, 0) is 44.7 Å². The number of hydrogen-bond acceptors (Lipinski definition) is 2. The van der Waals surface area contributed by atoms with Crippen LogP contribution in [-0.4, -0.2) is 30.6 Å². The standard InChI is InChI=1S/C12H26N2/c1-10(2)12(8-13)9-14-7-5-4-6-11(14)3/h10-12H,4-9,13H2,1-3H3. The maximum atomic E-state index is 5.81. The Kier molecular flexibility index (Phi) is 4.90. The van der Waals surface area contributed by atoms with E-state index in [-0.39, 0.29) is 0 Å². The van der Waals surface area contributed by atoms with Crippen molar-refractivity contribution in [3.05, 3.63) is 0 Å². The molecular weight excluding hydrogens is 172 g/mol. The van der Waals surface area contributed by atoms with Crippen LogP contribution in [0.25, 0.3) is 0 Å². The van der Waals surface area contributed by atoms with Gasteiger partial charge in [0.05, 0.1) is 0 Å². The van der Waals surface area contributed by atoms with E-state index in [0.717, 1.165) is 12.6 Å². The Morgan fingerprint density at radius 1 is 1.36 bits per heavy atom. The van der Waals surface area contributed by atoms with Crippen molar-refractivity contribution in [2.75, 3.05) is 19.6 Å². The first-order chi connectivity index (χ1) is 6.65. The van der Waals surface area contributed by atoms with Crippen LogP contribution in [0, 0.1) is 11.8 Å². The molecule has 2 N–H and O–H groups in total. The minimum absolute atomic E-state index is 0.676. The van der Waals surface area contributed by atoms with Crippen LogP contribution in [0.1, 0.15) is 40.0 Å². The molecule has 0 aliphatic carbocycles. The molecule has 0 saturated carbocycles. The quantitative estimate of drug-likeness (QED) is 0.749. The fraction of sp³-hybridized carbons (Fsp3) is 1.00. The molecule has 84 valence electrons. The van der Waals surface area contributed by atoms with E-state index in [2.05, 4.69) is 25.7 Å². The largest absolute Gasteiger partial charge is 0.330 e. The summed E-state index contributed by atoms with van der Waals surface area (Å²) in [6.45, 7) is 10.2. The molecule has 0 aromatic carbocycles. The van der Waals surface area contributed by atoms with E-state index in [1.807, 2.05) is 0 Å². The SMILES string of the molecule is CC(C)C(CN)CN1CCCCC1C. The monoisotopic (exact) mass is 198 g/mol. The van der Waals surface area contributed by atoms with E-state index in [0.29, 0.717) is 11.8 Å². The van der Waals surface area contributed by atoms with Crippen molar-refractivity contribution < 1.29 is 0 Å². The molecule has 1 aliphatic heterocycles. The molecule has 1 rings (SSSR count). The Balaban J connectivity index is 2.39. The summed E-state index contributed by atoms with van der Waals surface area (Å²) in [6.07, 6.45) is 4.15. The molecule has 0 spiro atoms. The average Bonchev–Trinajstić information content (AvgIpc) is 2.16. The van der Waals surface area contributed by atoms with Crippen molar-refractivity contribution in [2.24, 2.45) is 17.6 Å². The van der Waals surface area contributed by atoms with Gasteiger partial charge in [-0.1, -0.05) is 20.3 Å². The normalized spacial score (nSPS) is 26.8. The molecule has 2 unspecified atom stereocenters. The van der Waals surface area contributed by atoms with Gasteiger partial charge in [-0.15, -0.1) is 0 Å². The zero-order valence-corrected chi connectivity index (χ0v) is 10.00. The number of likely N-dealkylation sites (tertiary alicyclic amines) is 1. The predicted octanol–water partition coefficient (Wildman–Crippen LogP) is 2.09. The minimum atomic E-state index is 0.676. The van der Waals surface area contributed by atoms with Gasteiger partial charge < -0.3 is 10.6 Å². The molecule has 0 amide bonds. The number of hydrogen-bond donors (Lipinski definition) is 1. The lowest BCUT2D eigenvalue weighted by atomic mass is 9.93.